The van der Waals surface area contributed by atoms with Gasteiger partial charge in [0.25, 0.3) is 7.82 Å². The van der Waals surface area contributed by atoms with Crippen molar-refractivity contribution in [1.29, 1.82) is 0 Å². The number of ether oxygens (including phenoxy) is 13. The molecule has 0 rings (SSSR count). The number of aliphatic carboxylic acids is 1. The minimum absolute atomic E-state index is 0. The third-order valence-corrected chi connectivity index (χ3v) is 14.9. The van der Waals surface area contributed by atoms with Gasteiger partial charge in [0.1, 0.15) is 19.8 Å². The van der Waals surface area contributed by atoms with E-state index in [0.717, 1.165) is 38.5 Å². The van der Waals surface area contributed by atoms with Crippen LogP contribution < -0.4 is 39.8 Å². The van der Waals surface area contributed by atoms with Gasteiger partial charge in [0.15, 0.2) is 6.10 Å². The summed E-state index contributed by atoms with van der Waals surface area (Å²) in [4.78, 5) is 60.8. The summed E-state index contributed by atoms with van der Waals surface area (Å²) in [5, 5.41) is 11.0. The van der Waals surface area contributed by atoms with E-state index in [0.29, 0.717) is 125 Å². The van der Waals surface area contributed by atoms with Gasteiger partial charge in [0, 0.05) is 19.4 Å². The fraction of sp³-hybridized carbons (Fsp3) is 0.938. The quantitative estimate of drug-likeness (QED) is 0.0254. The molecule has 1 amide bonds. The second-order valence-electron chi connectivity index (χ2n) is 22.1. The summed E-state index contributed by atoms with van der Waals surface area (Å²) < 4.78 is 92.9. The minimum Gasteiger partial charge on any atom is -0.756 e. The van der Waals surface area contributed by atoms with Gasteiger partial charge in [0.05, 0.1) is 145 Å². The average molecular weight is 1330 g/mol. The molecule has 2 atom stereocenters. The molecule has 0 saturated carbocycles. The van der Waals surface area contributed by atoms with Crippen LogP contribution in [0.2, 0.25) is 0 Å². The molecular weight excluding hydrogens is 1200 g/mol. The SMILES string of the molecule is CCCCCCCCCCCCCCCCCC(=O)OC[C@H](COP(=O)([O-])OCCNC(=O)COCCOCCOCCOCCOCCOCCOCCOCCOCCOCCOCC(=O)O)OC(=O)CCCCCCCCCCCCCCCCC.[Na+]. The summed E-state index contributed by atoms with van der Waals surface area (Å²) in [7, 11) is -4.89. The molecule has 25 heteroatoms. The number of carboxylic acid groups (broad SMARTS) is 1. The zero-order chi connectivity index (χ0) is 64.7. The molecule has 0 aromatic carbocycles. The summed E-state index contributed by atoms with van der Waals surface area (Å²) in [6.07, 6.45) is 35.5. The van der Waals surface area contributed by atoms with Crippen LogP contribution in [0.4, 0.5) is 0 Å². The van der Waals surface area contributed by atoms with Gasteiger partial charge in [0.2, 0.25) is 5.91 Å². The number of hydrogen-bond acceptors (Lipinski definition) is 21. The van der Waals surface area contributed by atoms with Crippen LogP contribution in [-0.2, 0) is 94.4 Å². The number of esters is 2. The third-order valence-electron chi connectivity index (χ3n) is 14.0. The van der Waals surface area contributed by atoms with Gasteiger partial charge < -0.3 is 85.9 Å². The van der Waals surface area contributed by atoms with E-state index >= 15 is 0 Å². The maximum Gasteiger partial charge on any atom is 1.00 e. The largest absolute Gasteiger partial charge is 1.00 e. The van der Waals surface area contributed by atoms with Gasteiger partial charge in [-0.1, -0.05) is 194 Å². The Morgan fingerprint density at radius 2 is 0.644 bits per heavy atom. The van der Waals surface area contributed by atoms with Crippen molar-refractivity contribution >= 4 is 31.6 Å². The molecule has 0 aliphatic heterocycles. The first-order chi connectivity index (χ1) is 43.6. The van der Waals surface area contributed by atoms with Crippen molar-refractivity contribution in [3.63, 3.8) is 0 Å². The summed E-state index contributed by atoms with van der Waals surface area (Å²) in [6.45, 7) is 9.93. The standard InChI is InChI=1S/C65H126NO22P.Na/c1-3-5-7-9-11-13-15-17-19-21-23-25-27-29-31-33-64(70)85-57-61(88-65(71)34-32-30-28-26-24-22-20-18-16-14-12-10-8-6-4-2)58-87-89(72,73)86-36-35-66-62(67)59-83-55-53-81-51-49-79-47-45-77-43-41-75-39-37-74-38-40-76-42-44-78-46-48-80-50-52-82-54-56-84-60-63(68)69;/h61H,3-60H2,1-2H3,(H,66,67)(H,68,69)(H,72,73);/q;+1/p-1/t61-;/m1./s1. The van der Waals surface area contributed by atoms with Crippen LogP contribution in [0.5, 0.6) is 0 Å². The normalized spacial score (nSPS) is 12.4. The van der Waals surface area contributed by atoms with Gasteiger partial charge in [-0.05, 0) is 12.8 Å². The van der Waals surface area contributed by atoms with Crippen molar-refractivity contribution in [2.45, 2.75) is 225 Å². The van der Waals surface area contributed by atoms with E-state index in [1.165, 1.54) is 141 Å². The van der Waals surface area contributed by atoms with Crippen LogP contribution in [0.25, 0.3) is 0 Å². The van der Waals surface area contributed by atoms with Gasteiger partial charge in [-0.15, -0.1) is 0 Å². The first-order valence-electron chi connectivity index (χ1n) is 34.4. The number of phosphoric acid groups is 1. The summed E-state index contributed by atoms with van der Waals surface area (Å²) in [5.74, 6) is -2.45. The number of carboxylic acids is 1. The number of nitrogens with one attached hydrogen (secondary N) is 1. The summed E-state index contributed by atoms with van der Waals surface area (Å²) in [6, 6.07) is 0. The fourth-order valence-corrected chi connectivity index (χ4v) is 9.67. The van der Waals surface area contributed by atoms with E-state index in [-0.39, 0.29) is 88.6 Å². The smallest absolute Gasteiger partial charge is 0.756 e. The number of rotatable bonds is 76. The summed E-state index contributed by atoms with van der Waals surface area (Å²) >= 11 is 0. The molecule has 0 fully saturated rings. The molecule has 0 saturated heterocycles. The molecule has 90 heavy (non-hydrogen) atoms. The maximum absolute atomic E-state index is 12.9. The Morgan fingerprint density at radius 1 is 0.367 bits per heavy atom. The van der Waals surface area contributed by atoms with E-state index in [1.807, 2.05) is 0 Å². The zero-order valence-corrected chi connectivity index (χ0v) is 59.5. The van der Waals surface area contributed by atoms with Crippen LogP contribution in [0.3, 0.4) is 0 Å². The van der Waals surface area contributed by atoms with Crippen LogP contribution in [0.1, 0.15) is 219 Å². The Balaban J connectivity index is 0. The molecule has 0 aliphatic rings. The molecular formula is C65H125NNaO22P. The van der Waals surface area contributed by atoms with Crippen LogP contribution in [-0.4, -0.2) is 207 Å². The Morgan fingerprint density at radius 3 is 0.956 bits per heavy atom. The molecule has 1 unspecified atom stereocenters. The number of phosphoric ester groups is 1. The topological polar surface area (TPSA) is 279 Å². The minimum atomic E-state index is -4.89. The Labute approximate surface area is 565 Å². The summed E-state index contributed by atoms with van der Waals surface area (Å²) in [5.41, 5.74) is 0. The van der Waals surface area contributed by atoms with Gasteiger partial charge in [-0.25, -0.2) is 4.79 Å². The van der Waals surface area contributed by atoms with Crippen LogP contribution in [0, 0.1) is 0 Å². The number of hydrogen-bond donors (Lipinski definition) is 2. The van der Waals surface area contributed by atoms with Crippen molar-refractivity contribution < 1.29 is 134 Å². The molecule has 0 aromatic heterocycles. The Hall–Kier alpha value is -1.45. The van der Waals surface area contributed by atoms with Crippen molar-refractivity contribution in [2.75, 3.05) is 172 Å². The predicted molar refractivity (Wildman–Crippen MR) is 339 cm³/mol. The number of carbonyl (C=O) groups excluding carboxylic acids is 3. The fourth-order valence-electron chi connectivity index (χ4n) is 8.93. The second-order valence-corrected chi connectivity index (χ2v) is 23.5. The number of unbranched alkanes of at least 4 members (excludes halogenated alkanes) is 28. The average Bonchev–Trinajstić information content (AvgIpc) is 3.71. The van der Waals surface area contributed by atoms with Gasteiger partial charge >= 0.3 is 47.5 Å². The zero-order valence-electron chi connectivity index (χ0n) is 56.6. The first kappa shape index (κ1) is 90.6. The molecule has 0 radical (unpaired) electrons. The molecule has 528 valence electrons. The number of amides is 1. The van der Waals surface area contributed by atoms with Crippen molar-refractivity contribution in [1.82, 2.24) is 5.32 Å². The predicted octanol–water partition coefficient (Wildman–Crippen LogP) is 7.85. The third kappa shape index (κ3) is 75.6. The van der Waals surface area contributed by atoms with Crippen molar-refractivity contribution in [2.24, 2.45) is 0 Å². The maximum atomic E-state index is 12.9. The first-order valence-corrected chi connectivity index (χ1v) is 35.8. The number of carbonyl (C=O) groups is 4. The van der Waals surface area contributed by atoms with Crippen LogP contribution >= 0.6 is 7.82 Å². The Bertz CT molecular complexity index is 1580. The molecule has 2 N–H and O–H groups in total. The van der Waals surface area contributed by atoms with E-state index in [1.54, 1.807) is 0 Å². The van der Waals surface area contributed by atoms with Crippen molar-refractivity contribution in [3.05, 3.63) is 0 Å². The van der Waals surface area contributed by atoms with Gasteiger partial charge in [-0.2, -0.15) is 0 Å². The monoisotopic (exact) mass is 1330 g/mol. The van der Waals surface area contributed by atoms with Crippen molar-refractivity contribution in [3.8, 4) is 0 Å². The van der Waals surface area contributed by atoms with Gasteiger partial charge in [-0.3, -0.25) is 18.9 Å². The molecule has 0 aliphatic carbocycles. The molecule has 23 nitrogen and oxygen atoms in total. The molecule has 0 heterocycles. The van der Waals surface area contributed by atoms with E-state index < -0.39 is 51.0 Å². The van der Waals surface area contributed by atoms with E-state index in [2.05, 4.69) is 19.2 Å². The van der Waals surface area contributed by atoms with E-state index in [9.17, 15) is 28.6 Å². The Kier molecular flexibility index (Phi) is 75.4. The molecule has 0 bridgehead atoms. The second kappa shape index (κ2) is 74.9. The van der Waals surface area contributed by atoms with Crippen LogP contribution in [0.15, 0.2) is 0 Å². The molecule has 0 aromatic rings. The molecule has 0 spiro atoms. The van der Waals surface area contributed by atoms with E-state index in [4.69, 9.17) is 75.7 Å².